The maximum atomic E-state index is 13.0. The quantitative estimate of drug-likeness (QED) is 0.218. The molecule has 31 heavy (non-hydrogen) atoms. The van der Waals surface area contributed by atoms with Gasteiger partial charge in [0.1, 0.15) is 12.0 Å². The van der Waals surface area contributed by atoms with Crippen LogP contribution in [0.1, 0.15) is 12.1 Å². The third-order valence-corrected chi connectivity index (χ3v) is 5.80. The van der Waals surface area contributed by atoms with Crippen LogP contribution in [-0.2, 0) is 17.0 Å². The van der Waals surface area contributed by atoms with Gasteiger partial charge in [-0.15, -0.1) is 0 Å². The summed E-state index contributed by atoms with van der Waals surface area (Å²) in [6, 6.07) is 14.9. The van der Waals surface area contributed by atoms with E-state index >= 15 is 0 Å². The number of hydrogen-bond donors (Lipinski definition) is 0. The van der Waals surface area contributed by atoms with Crippen LogP contribution in [0.25, 0.3) is 22.4 Å². The van der Waals surface area contributed by atoms with Crippen LogP contribution in [0, 0.1) is 0 Å². The number of para-hydroxylation sites is 1. The highest BCUT2D eigenvalue weighted by Gasteiger charge is 2.13. The lowest BCUT2D eigenvalue weighted by molar-refractivity contribution is 0.189. The van der Waals surface area contributed by atoms with E-state index in [0.717, 1.165) is 23.4 Å². The Balaban J connectivity index is 1.56. The van der Waals surface area contributed by atoms with Crippen molar-refractivity contribution in [3.8, 4) is 17.2 Å². The van der Waals surface area contributed by atoms with Crippen molar-refractivity contribution in [2.24, 2.45) is 0 Å². The SMILES string of the molecule is COCCCn1c(SCc2coc(-c3ccc(OC)cc3)n2)nc2ccccc2c1=O. The second-order valence-electron chi connectivity index (χ2n) is 6.88. The molecular weight excluding hydrogens is 414 g/mol. The van der Waals surface area contributed by atoms with E-state index in [4.69, 9.17) is 18.9 Å². The molecule has 0 aliphatic rings. The average molecular weight is 438 g/mol. The first kappa shape index (κ1) is 21.1. The third-order valence-electron chi connectivity index (χ3n) is 4.79. The number of hydrogen-bond acceptors (Lipinski definition) is 7. The summed E-state index contributed by atoms with van der Waals surface area (Å²) in [5, 5.41) is 1.28. The fourth-order valence-corrected chi connectivity index (χ4v) is 4.10. The number of fused-ring (bicyclic) bond motifs is 1. The van der Waals surface area contributed by atoms with E-state index in [1.807, 2.05) is 48.5 Å². The highest BCUT2D eigenvalue weighted by atomic mass is 32.2. The van der Waals surface area contributed by atoms with Gasteiger partial charge < -0.3 is 13.9 Å². The first-order valence-electron chi connectivity index (χ1n) is 9.89. The minimum atomic E-state index is -0.0386. The van der Waals surface area contributed by atoms with Crippen molar-refractivity contribution >= 4 is 22.7 Å². The van der Waals surface area contributed by atoms with E-state index < -0.39 is 0 Å². The van der Waals surface area contributed by atoms with E-state index in [9.17, 15) is 4.79 Å². The van der Waals surface area contributed by atoms with Crippen LogP contribution in [0.5, 0.6) is 5.75 Å². The first-order valence-corrected chi connectivity index (χ1v) is 10.9. The maximum Gasteiger partial charge on any atom is 0.262 e. The van der Waals surface area contributed by atoms with E-state index in [1.54, 1.807) is 25.0 Å². The lowest BCUT2D eigenvalue weighted by Gasteiger charge is -2.12. The first-order chi connectivity index (χ1) is 15.2. The van der Waals surface area contributed by atoms with Crippen LogP contribution < -0.4 is 10.3 Å². The zero-order valence-corrected chi connectivity index (χ0v) is 18.2. The van der Waals surface area contributed by atoms with E-state index in [0.29, 0.717) is 40.9 Å². The predicted octanol–water partition coefficient (Wildman–Crippen LogP) is 4.39. The molecule has 8 heteroatoms. The number of oxazole rings is 1. The minimum Gasteiger partial charge on any atom is -0.497 e. The van der Waals surface area contributed by atoms with Crippen molar-refractivity contribution in [2.75, 3.05) is 20.8 Å². The van der Waals surface area contributed by atoms with Gasteiger partial charge in [0.2, 0.25) is 5.89 Å². The van der Waals surface area contributed by atoms with Gasteiger partial charge >= 0.3 is 0 Å². The monoisotopic (exact) mass is 437 g/mol. The number of ether oxygens (including phenoxy) is 2. The Bertz CT molecular complexity index is 1220. The zero-order chi connectivity index (χ0) is 21.6. The summed E-state index contributed by atoms with van der Waals surface area (Å²) in [5.74, 6) is 1.86. The van der Waals surface area contributed by atoms with E-state index in [-0.39, 0.29) is 5.56 Å². The summed E-state index contributed by atoms with van der Waals surface area (Å²) in [5.41, 5.74) is 2.30. The van der Waals surface area contributed by atoms with E-state index in [1.165, 1.54) is 11.8 Å². The molecule has 0 aliphatic carbocycles. The molecule has 0 radical (unpaired) electrons. The molecule has 0 fully saturated rings. The Morgan fingerprint density at radius 3 is 2.65 bits per heavy atom. The number of thioether (sulfide) groups is 1. The van der Waals surface area contributed by atoms with Gasteiger partial charge in [-0.05, 0) is 42.8 Å². The molecule has 0 bridgehead atoms. The molecule has 0 N–H and O–H groups in total. The molecule has 0 saturated carbocycles. The largest absolute Gasteiger partial charge is 0.497 e. The Morgan fingerprint density at radius 2 is 1.87 bits per heavy atom. The van der Waals surface area contributed by atoms with Gasteiger partial charge in [-0.3, -0.25) is 9.36 Å². The maximum absolute atomic E-state index is 13.0. The fourth-order valence-electron chi connectivity index (χ4n) is 3.20. The zero-order valence-electron chi connectivity index (χ0n) is 17.4. The number of benzene rings is 2. The summed E-state index contributed by atoms with van der Waals surface area (Å²) in [4.78, 5) is 22.3. The Morgan fingerprint density at radius 1 is 1.06 bits per heavy atom. The highest BCUT2D eigenvalue weighted by Crippen LogP contribution is 2.26. The van der Waals surface area contributed by atoms with E-state index in [2.05, 4.69) is 4.98 Å². The van der Waals surface area contributed by atoms with Gasteiger partial charge in [0.15, 0.2) is 5.16 Å². The molecule has 160 valence electrons. The second kappa shape index (κ2) is 9.80. The summed E-state index contributed by atoms with van der Waals surface area (Å²) >= 11 is 1.47. The Hall–Kier alpha value is -3.10. The molecule has 0 aliphatic heterocycles. The summed E-state index contributed by atoms with van der Waals surface area (Å²) in [6.07, 6.45) is 2.37. The van der Waals surface area contributed by atoms with Gasteiger partial charge in [0.05, 0.1) is 23.7 Å². The summed E-state index contributed by atoms with van der Waals surface area (Å²) < 4.78 is 17.7. The lowest BCUT2D eigenvalue weighted by atomic mass is 10.2. The van der Waals surface area contributed by atoms with Gasteiger partial charge in [-0.2, -0.15) is 0 Å². The average Bonchev–Trinajstić information content (AvgIpc) is 3.28. The number of aromatic nitrogens is 3. The Labute approximate surface area is 184 Å². The van der Waals surface area contributed by atoms with Gasteiger partial charge in [0, 0.05) is 31.6 Å². The second-order valence-corrected chi connectivity index (χ2v) is 7.82. The van der Waals surface area contributed by atoms with Crippen LogP contribution in [0.2, 0.25) is 0 Å². The molecule has 2 aromatic carbocycles. The molecule has 0 unspecified atom stereocenters. The minimum absolute atomic E-state index is 0.0386. The molecule has 0 atom stereocenters. The highest BCUT2D eigenvalue weighted by molar-refractivity contribution is 7.98. The summed E-state index contributed by atoms with van der Waals surface area (Å²) in [6.45, 7) is 1.13. The van der Waals surface area contributed by atoms with Crippen molar-refractivity contribution in [2.45, 2.75) is 23.9 Å². The smallest absolute Gasteiger partial charge is 0.262 e. The van der Waals surface area contributed by atoms with Crippen molar-refractivity contribution < 1.29 is 13.9 Å². The fraction of sp³-hybridized carbons (Fsp3) is 0.261. The van der Waals surface area contributed by atoms with Crippen LogP contribution in [0.3, 0.4) is 0 Å². The molecule has 0 spiro atoms. The molecular formula is C23H23N3O4S. The van der Waals surface area contributed by atoms with Crippen molar-refractivity contribution in [1.82, 2.24) is 14.5 Å². The lowest BCUT2D eigenvalue weighted by Crippen LogP contribution is -2.24. The van der Waals surface area contributed by atoms with Crippen molar-refractivity contribution in [3.63, 3.8) is 0 Å². The van der Waals surface area contributed by atoms with Gasteiger partial charge in [-0.25, -0.2) is 9.97 Å². The van der Waals surface area contributed by atoms with Gasteiger partial charge in [-0.1, -0.05) is 23.9 Å². The third kappa shape index (κ3) is 4.81. The predicted molar refractivity (Wildman–Crippen MR) is 121 cm³/mol. The van der Waals surface area contributed by atoms with Crippen molar-refractivity contribution in [1.29, 1.82) is 0 Å². The van der Waals surface area contributed by atoms with Crippen molar-refractivity contribution in [3.05, 3.63) is 70.8 Å². The molecule has 4 rings (SSSR count). The standard InChI is InChI=1S/C23H23N3O4S/c1-28-13-5-12-26-22(27)19-6-3-4-7-20(19)25-23(26)31-15-17-14-30-21(24-17)16-8-10-18(29-2)11-9-16/h3-4,6-11,14H,5,12-13,15H2,1-2H3. The van der Waals surface area contributed by atoms with Crippen LogP contribution >= 0.6 is 11.8 Å². The normalized spacial score (nSPS) is 11.2. The molecule has 0 amide bonds. The van der Waals surface area contributed by atoms with Crippen LogP contribution in [0.4, 0.5) is 0 Å². The molecule has 2 heterocycles. The molecule has 4 aromatic rings. The molecule has 7 nitrogen and oxygen atoms in total. The van der Waals surface area contributed by atoms with Crippen LogP contribution in [-0.4, -0.2) is 35.4 Å². The number of methoxy groups -OCH3 is 2. The molecule has 2 aromatic heterocycles. The topological polar surface area (TPSA) is 79.4 Å². The number of rotatable bonds is 9. The van der Waals surface area contributed by atoms with Gasteiger partial charge in [0.25, 0.3) is 5.56 Å². The summed E-state index contributed by atoms with van der Waals surface area (Å²) in [7, 11) is 3.28. The number of nitrogens with zero attached hydrogens (tertiary/aromatic N) is 3. The van der Waals surface area contributed by atoms with Crippen LogP contribution in [0.15, 0.2) is 69.2 Å². The Kier molecular flexibility index (Phi) is 6.69. The molecule has 0 saturated heterocycles.